The third kappa shape index (κ3) is 10.8. The predicted molar refractivity (Wildman–Crippen MR) is 364 cm³/mol. The number of nitriles is 1. The zero-order valence-corrected chi connectivity index (χ0v) is 49.0. The van der Waals surface area contributed by atoms with Gasteiger partial charge in [0.25, 0.3) is 0 Å². The Morgan fingerprint density at radius 1 is 0.319 bits per heavy atom. The molecular formula is C81H50N8O2. The van der Waals surface area contributed by atoms with E-state index >= 15 is 0 Å². The lowest BCUT2D eigenvalue weighted by Gasteiger charge is -2.10. The highest BCUT2D eigenvalue weighted by Gasteiger charge is 2.23. The number of fused-ring (bicyclic) bond motifs is 6. The number of benzene rings is 12. The zero-order chi connectivity index (χ0) is 61.2. The largest absolute Gasteiger partial charge is 0.455 e. The summed E-state index contributed by atoms with van der Waals surface area (Å²) in [6, 6.07) is 97.0. The molecule has 0 saturated heterocycles. The highest BCUT2D eigenvalue weighted by Crippen LogP contribution is 2.44. The molecule has 0 bridgehead atoms. The summed E-state index contributed by atoms with van der Waals surface area (Å²) < 4.78 is 13.2. The molecular weight excluding hydrogens is 1120 g/mol. The van der Waals surface area contributed by atoms with Crippen LogP contribution in [0.15, 0.2) is 294 Å². The van der Waals surface area contributed by atoms with E-state index in [0.717, 1.165) is 127 Å². The second-order valence-corrected chi connectivity index (χ2v) is 22.0. The summed E-state index contributed by atoms with van der Waals surface area (Å²) in [4.78, 5) is 33.2. The second kappa shape index (κ2) is 23.8. The molecule has 10 nitrogen and oxygen atoms in total. The number of aryl methyl sites for hydroxylation is 1. The summed E-state index contributed by atoms with van der Waals surface area (Å²) in [6.45, 7) is 9.40. The van der Waals surface area contributed by atoms with Crippen LogP contribution in [0.5, 0.6) is 0 Å². The molecule has 16 aromatic rings. The van der Waals surface area contributed by atoms with E-state index in [-0.39, 0.29) is 0 Å². The number of para-hydroxylation sites is 2. The van der Waals surface area contributed by atoms with Gasteiger partial charge in [-0.1, -0.05) is 249 Å². The summed E-state index contributed by atoms with van der Waals surface area (Å²) in [5.74, 6) is 3.60. The molecule has 0 aliphatic rings. The summed E-state index contributed by atoms with van der Waals surface area (Å²) in [7, 11) is 0. The van der Waals surface area contributed by atoms with Crippen molar-refractivity contribution < 1.29 is 8.83 Å². The zero-order valence-electron chi connectivity index (χ0n) is 49.0. The second-order valence-electron chi connectivity index (χ2n) is 22.0. The van der Waals surface area contributed by atoms with Gasteiger partial charge in [-0.05, 0) is 82.3 Å². The van der Waals surface area contributed by atoms with E-state index in [9.17, 15) is 5.26 Å². The molecule has 91 heavy (non-hydrogen) atoms. The third-order valence-electron chi connectivity index (χ3n) is 16.1. The van der Waals surface area contributed by atoms with Crippen LogP contribution in [0.2, 0.25) is 0 Å². The maximum absolute atomic E-state index is 9.89. The summed E-state index contributed by atoms with van der Waals surface area (Å²) >= 11 is 0. The molecule has 0 N–H and O–H groups in total. The highest BCUT2D eigenvalue weighted by atomic mass is 16.3. The van der Waals surface area contributed by atoms with E-state index < -0.39 is 0 Å². The Balaban J connectivity index is 0.000000151. The van der Waals surface area contributed by atoms with Gasteiger partial charge in [-0.15, -0.1) is 0 Å². The molecule has 0 aliphatic heterocycles. The van der Waals surface area contributed by atoms with E-state index in [4.69, 9.17) is 45.3 Å². The number of hydrogen-bond donors (Lipinski definition) is 0. The van der Waals surface area contributed by atoms with Crippen LogP contribution in [-0.4, -0.2) is 29.9 Å². The summed E-state index contributed by atoms with van der Waals surface area (Å²) in [5, 5.41) is 13.7. The molecule has 4 aromatic heterocycles. The minimum atomic E-state index is 0.569. The van der Waals surface area contributed by atoms with Gasteiger partial charge in [0.2, 0.25) is 0 Å². The van der Waals surface area contributed by atoms with E-state index in [1.54, 1.807) is 0 Å². The van der Waals surface area contributed by atoms with Crippen LogP contribution in [0.1, 0.15) is 11.1 Å². The molecule has 4 heterocycles. The number of nitrogens with zero attached hydrogens (tertiary/aromatic N) is 8. The van der Waals surface area contributed by atoms with Gasteiger partial charge in [-0.3, -0.25) is 0 Å². The lowest BCUT2D eigenvalue weighted by molar-refractivity contribution is 0.669. The Bertz CT molecular complexity index is 5370. The van der Waals surface area contributed by atoms with Crippen LogP contribution in [0.4, 0.5) is 5.69 Å². The molecule has 0 saturated carbocycles. The van der Waals surface area contributed by atoms with Gasteiger partial charge < -0.3 is 8.83 Å². The highest BCUT2D eigenvalue weighted by molar-refractivity contribution is 6.16. The molecule has 426 valence electrons. The predicted octanol–water partition coefficient (Wildman–Crippen LogP) is 20.9. The Morgan fingerprint density at radius 2 is 0.659 bits per heavy atom. The van der Waals surface area contributed by atoms with Gasteiger partial charge in [0, 0.05) is 66.1 Å². The van der Waals surface area contributed by atoms with Crippen molar-refractivity contribution in [3.05, 3.63) is 308 Å². The first kappa shape index (κ1) is 54.9. The molecule has 0 fully saturated rings. The van der Waals surface area contributed by atoms with E-state index in [1.165, 1.54) is 0 Å². The Morgan fingerprint density at radius 3 is 1.08 bits per heavy atom. The van der Waals surface area contributed by atoms with Crippen molar-refractivity contribution in [1.29, 1.82) is 5.26 Å². The Hall–Kier alpha value is -12.8. The Kier molecular flexibility index (Phi) is 14.4. The Labute approximate surface area is 524 Å². The summed E-state index contributed by atoms with van der Waals surface area (Å²) in [5.41, 5.74) is 18.9. The number of hydrogen-bond acceptors (Lipinski definition) is 9. The van der Waals surface area contributed by atoms with E-state index in [2.05, 4.69) is 84.6 Å². The molecule has 16 rings (SSSR count). The first-order chi connectivity index (χ1) is 44.9. The molecule has 0 radical (unpaired) electrons. The normalized spacial score (nSPS) is 11.1. The van der Waals surface area contributed by atoms with E-state index in [1.807, 2.05) is 218 Å². The lowest BCUT2D eigenvalue weighted by Crippen LogP contribution is -2.00. The maximum Gasteiger partial charge on any atom is 0.187 e. The van der Waals surface area contributed by atoms with Crippen molar-refractivity contribution in [2.24, 2.45) is 0 Å². The minimum Gasteiger partial charge on any atom is -0.455 e. The fourth-order valence-electron chi connectivity index (χ4n) is 11.9. The molecule has 0 aliphatic carbocycles. The molecule has 12 aromatic carbocycles. The molecule has 0 atom stereocenters. The van der Waals surface area contributed by atoms with Crippen molar-refractivity contribution in [3.8, 4) is 119 Å². The summed E-state index contributed by atoms with van der Waals surface area (Å²) in [6.07, 6.45) is 0. The van der Waals surface area contributed by atoms with Crippen LogP contribution in [0.25, 0.3) is 162 Å². The third-order valence-corrected chi connectivity index (χ3v) is 16.1. The van der Waals surface area contributed by atoms with Gasteiger partial charge in [0.15, 0.2) is 40.6 Å². The number of furan rings is 2. The fourth-order valence-corrected chi connectivity index (χ4v) is 11.9. The van der Waals surface area contributed by atoms with Crippen LogP contribution in [-0.2, 0) is 0 Å². The lowest BCUT2D eigenvalue weighted by atomic mass is 9.95. The minimum absolute atomic E-state index is 0.569. The molecule has 0 spiro atoms. The van der Waals surface area contributed by atoms with Gasteiger partial charge in [0.1, 0.15) is 22.3 Å². The maximum atomic E-state index is 9.89. The van der Waals surface area contributed by atoms with Gasteiger partial charge >= 0.3 is 0 Å². The van der Waals surface area contributed by atoms with Crippen LogP contribution < -0.4 is 0 Å². The molecule has 0 unspecified atom stereocenters. The first-order valence-corrected chi connectivity index (χ1v) is 29.7. The first-order valence-electron chi connectivity index (χ1n) is 29.7. The van der Waals surface area contributed by atoms with E-state index in [0.29, 0.717) is 46.2 Å². The fraction of sp³-hybridized carbons (Fsp3) is 0.0123. The topological polar surface area (TPSA) is 132 Å². The quantitative estimate of drug-likeness (QED) is 0.123. The standard InChI is InChI=1S/C41H26N4O.C40H24N4O/c1-26-23-30(27-19-21-32(42-2)22-20-27)25-31(24-26)33-15-9-16-34-37-35(17-10-18-36(37)46-38(33)34)41-44-39(28-11-5-3-6-12-28)43-40(45-41)29-13-7-4-8-14-29;41-25-26-22-30(27-12-4-1-5-13-27)24-31(23-26)32-18-10-19-33-36-34(20-11-21-35(36)45-37(32)33)40-43-38(28-14-6-2-7-15-28)42-39(44-40)29-16-8-3-9-17-29/h3-25H,1H3;1-24H. The average molecular weight is 1170 g/mol. The molecule has 10 heteroatoms. The van der Waals surface area contributed by atoms with Gasteiger partial charge in [-0.25, -0.2) is 34.7 Å². The smallest absolute Gasteiger partial charge is 0.187 e. The van der Waals surface area contributed by atoms with Crippen molar-refractivity contribution in [2.45, 2.75) is 6.92 Å². The number of rotatable bonds is 10. The van der Waals surface area contributed by atoms with Gasteiger partial charge in [-0.2, -0.15) is 5.26 Å². The van der Waals surface area contributed by atoms with Crippen molar-refractivity contribution in [2.75, 3.05) is 0 Å². The number of aromatic nitrogens is 6. The SMILES string of the molecule is N#Cc1cc(-c2ccccc2)cc(-c2cccc3c2oc2cccc(-c4nc(-c5ccccc5)nc(-c5ccccc5)n4)c23)c1.[C-]#[N+]c1ccc(-c2cc(C)cc(-c3cccc4c3oc3cccc(-c5nc(-c6ccccc6)nc(-c6ccccc6)n5)c34)c2)cc1. The monoisotopic (exact) mass is 1170 g/mol. The average Bonchev–Trinajstić information content (AvgIpc) is 1.74. The van der Waals surface area contributed by atoms with Crippen LogP contribution in [0, 0.1) is 24.8 Å². The van der Waals surface area contributed by atoms with Crippen LogP contribution >= 0.6 is 0 Å². The molecule has 0 amide bonds. The van der Waals surface area contributed by atoms with Crippen molar-refractivity contribution in [3.63, 3.8) is 0 Å². The van der Waals surface area contributed by atoms with Crippen molar-refractivity contribution >= 4 is 49.6 Å². The van der Waals surface area contributed by atoms with Crippen LogP contribution in [0.3, 0.4) is 0 Å². The van der Waals surface area contributed by atoms with Crippen molar-refractivity contribution in [1.82, 2.24) is 29.9 Å². The van der Waals surface area contributed by atoms with Gasteiger partial charge in [0.05, 0.1) is 18.2 Å².